The third-order valence-electron chi connectivity index (χ3n) is 14.7. The fraction of sp³-hybridized carbons (Fsp3) is 0.952. The van der Waals surface area contributed by atoms with Gasteiger partial charge in [-0.1, -0.05) is 317 Å². The molecule has 0 radical (unpaired) electrons. The number of carbonyl (C=O) groups excluding carboxylic acids is 3. The molecule has 0 aromatic heterocycles. The number of rotatable bonds is 57. The van der Waals surface area contributed by atoms with Gasteiger partial charge in [0, 0.05) is 19.3 Å². The second-order valence-corrected chi connectivity index (χ2v) is 21.6. The summed E-state index contributed by atoms with van der Waals surface area (Å²) in [5, 5.41) is 0. The number of carbonyl (C=O) groups is 3. The van der Waals surface area contributed by atoms with E-state index in [4.69, 9.17) is 14.2 Å². The first-order chi connectivity index (χ1) is 33.4. The number of hydrogen-bond acceptors (Lipinski definition) is 6. The molecule has 0 aromatic carbocycles. The molecule has 0 amide bonds. The highest BCUT2D eigenvalue weighted by Gasteiger charge is 2.19. The lowest BCUT2D eigenvalue weighted by Crippen LogP contribution is -2.30. The van der Waals surface area contributed by atoms with Crippen LogP contribution in [0.2, 0.25) is 0 Å². The Morgan fingerprint density at radius 1 is 0.294 bits per heavy atom. The number of ether oxygens (including phenoxy) is 3. The minimum Gasteiger partial charge on any atom is -0.462 e. The van der Waals surface area contributed by atoms with Gasteiger partial charge in [0.2, 0.25) is 0 Å². The second kappa shape index (κ2) is 56.3. The molecule has 0 aromatic rings. The highest BCUT2D eigenvalue weighted by molar-refractivity contribution is 5.71. The maximum absolute atomic E-state index is 12.9. The van der Waals surface area contributed by atoms with Crippen molar-refractivity contribution in [2.45, 2.75) is 361 Å². The van der Waals surface area contributed by atoms with E-state index in [9.17, 15) is 14.4 Å². The first-order valence-electron chi connectivity index (χ1n) is 30.9. The van der Waals surface area contributed by atoms with Crippen molar-refractivity contribution in [2.24, 2.45) is 5.92 Å². The molecule has 0 N–H and O–H groups in total. The van der Waals surface area contributed by atoms with Crippen molar-refractivity contribution < 1.29 is 28.6 Å². The third-order valence-corrected chi connectivity index (χ3v) is 14.7. The van der Waals surface area contributed by atoms with Gasteiger partial charge >= 0.3 is 17.9 Å². The lowest BCUT2D eigenvalue weighted by molar-refractivity contribution is -0.167. The van der Waals surface area contributed by atoms with Crippen LogP contribution in [-0.2, 0) is 28.6 Å². The van der Waals surface area contributed by atoms with Gasteiger partial charge in [0.25, 0.3) is 0 Å². The van der Waals surface area contributed by atoms with Crippen LogP contribution >= 0.6 is 0 Å². The fourth-order valence-electron chi connectivity index (χ4n) is 9.60. The van der Waals surface area contributed by atoms with Gasteiger partial charge in [0.05, 0.1) is 0 Å². The number of unbranched alkanes of at least 4 members (excludes halogenated alkanes) is 43. The van der Waals surface area contributed by atoms with Gasteiger partial charge in [-0.25, -0.2) is 0 Å². The van der Waals surface area contributed by atoms with Crippen molar-refractivity contribution in [3.05, 3.63) is 0 Å². The standard InChI is InChI=1S/C62H120O6/c1-5-8-10-12-14-16-18-20-21-22-23-24-25-30-34-38-42-46-50-54-61(64)67-57-59(56-66-60(63)53-49-45-41-37-33-28-19-17-15-13-11-9-6-2)68-62(65)55-51-47-43-39-35-31-27-26-29-32-36-40-44-48-52-58(4)7-3/h58-59H,5-57H2,1-4H3/t58?,59-/m1/s1. The molecular formula is C62H120O6. The Morgan fingerprint density at radius 3 is 0.765 bits per heavy atom. The third kappa shape index (κ3) is 53.8. The summed E-state index contributed by atoms with van der Waals surface area (Å²) in [4.78, 5) is 38.2. The zero-order valence-electron chi connectivity index (χ0n) is 46.6. The largest absolute Gasteiger partial charge is 0.462 e. The predicted molar refractivity (Wildman–Crippen MR) is 293 cm³/mol. The smallest absolute Gasteiger partial charge is 0.306 e. The molecule has 0 aliphatic rings. The molecule has 0 saturated heterocycles. The van der Waals surface area contributed by atoms with Crippen molar-refractivity contribution in [1.82, 2.24) is 0 Å². The molecular weight excluding hydrogens is 841 g/mol. The van der Waals surface area contributed by atoms with Crippen molar-refractivity contribution in [3.63, 3.8) is 0 Å². The van der Waals surface area contributed by atoms with Crippen LogP contribution in [-0.4, -0.2) is 37.2 Å². The molecule has 0 rings (SSSR count). The molecule has 1 unspecified atom stereocenters. The summed E-state index contributed by atoms with van der Waals surface area (Å²) >= 11 is 0. The molecule has 6 nitrogen and oxygen atoms in total. The fourth-order valence-corrected chi connectivity index (χ4v) is 9.60. The summed E-state index contributed by atoms with van der Waals surface area (Å²) in [5.74, 6) is 0.0637. The average Bonchev–Trinajstić information content (AvgIpc) is 3.34. The van der Waals surface area contributed by atoms with E-state index in [-0.39, 0.29) is 31.1 Å². The summed E-state index contributed by atoms with van der Waals surface area (Å²) in [7, 11) is 0. The predicted octanol–water partition coefficient (Wildman–Crippen LogP) is 20.6. The lowest BCUT2D eigenvalue weighted by atomic mass is 9.99. The molecule has 2 atom stereocenters. The Labute approximate surface area is 425 Å². The molecule has 0 saturated carbocycles. The van der Waals surface area contributed by atoms with E-state index in [0.29, 0.717) is 19.3 Å². The van der Waals surface area contributed by atoms with E-state index < -0.39 is 6.10 Å². The highest BCUT2D eigenvalue weighted by atomic mass is 16.6. The quantitative estimate of drug-likeness (QED) is 0.0343. The van der Waals surface area contributed by atoms with Crippen LogP contribution in [0.5, 0.6) is 0 Å². The second-order valence-electron chi connectivity index (χ2n) is 21.6. The lowest BCUT2D eigenvalue weighted by Gasteiger charge is -2.18. The Kier molecular flexibility index (Phi) is 55.0. The summed E-state index contributed by atoms with van der Waals surface area (Å²) in [6.07, 6.45) is 62.3. The summed E-state index contributed by atoms with van der Waals surface area (Å²) in [6.45, 7) is 9.11. The van der Waals surface area contributed by atoms with Crippen LogP contribution in [0.15, 0.2) is 0 Å². The molecule has 0 fully saturated rings. The highest BCUT2D eigenvalue weighted by Crippen LogP contribution is 2.19. The van der Waals surface area contributed by atoms with E-state index >= 15 is 0 Å². The van der Waals surface area contributed by atoms with Gasteiger partial charge in [-0.05, 0) is 25.2 Å². The minimum atomic E-state index is -0.762. The molecule has 0 heterocycles. The number of hydrogen-bond donors (Lipinski definition) is 0. The van der Waals surface area contributed by atoms with Gasteiger partial charge in [-0.3, -0.25) is 14.4 Å². The van der Waals surface area contributed by atoms with E-state index in [1.165, 1.54) is 250 Å². The average molecular weight is 962 g/mol. The van der Waals surface area contributed by atoms with Gasteiger partial charge in [-0.2, -0.15) is 0 Å². The Balaban J connectivity index is 4.27. The topological polar surface area (TPSA) is 78.9 Å². The van der Waals surface area contributed by atoms with E-state index in [0.717, 1.165) is 63.7 Å². The van der Waals surface area contributed by atoms with E-state index in [1.807, 2.05) is 0 Å². The zero-order chi connectivity index (χ0) is 49.5. The molecule has 0 spiro atoms. The van der Waals surface area contributed by atoms with Crippen LogP contribution in [0.3, 0.4) is 0 Å². The first kappa shape index (κ1) is 66.4. The van der Waals surface area contributed by atoms with Crippen LogP contribution in [0.1, 0.15) is 355 Å². The van der Waals surface area contributed by atoms with Crippen LogP contribution in [0, 0.1) is 5.92 Å². The molecule has 6 heteroatoms. The monoisotopic (exact) mass is 961 g/mol. The maximum atomic E-state index is 12.9. The SMILES string of the molecule is CCCCCCCCCCCCCCCCCCCCCC(=O)OC[C@@H](COC(=O)CCCCCCCCCCCCCCC)OC(=O)CCCCCCCCCCCCCCCCC(C)CC. The van der Waals surface area contributed by atoms with Crippen LogP contribution < -0.4 is 0 Å². The Bertz CT molecular complexity index is 1030. The summed E-state index contributed by atoms with van der Waals surface area (Å²) < 4.78 is 16.9. The van der Waals surface area contributed by atoms with Gasteiger partial charge in [-0.15, -0.1) is 0 Å². The summed E-state index contributed by atoms with van der Waals surface area (Å²) in [6, 6.07) is 0. The molecule has 0 aliphatic carbocycles. The van der Waals surface area contributed by atoms with E-state index in [2.05, 4.69) is 27.7 Å². The molecule has 0 bridgehead atoms. The van der Waals surface area contributed by atoms with Crippen molar-refractivity contribution in [3.8, 4) is 0 Å². The minimum absolute atomic E-state index is 0.0614. The van der Waals surface area contributed by atoms with Crippen molar-refractivity contribution >= 4 is 17.9 Å². The molecule has 404 valence electrons. The van der Waals surface area contributed by atoms with Crippen molar-refractivity contribution in [1.29, 1.82) is 0 Å². The van der Waals surface area contributed by atoms with Gasteiger partial charge in [0.1, 0.15) is 13.2 Å². The maximum Gasteiger partial charge on any atom is 0.306 e. The van der Waals surface area contributed by atoms with Crippen LogP contribution in [0.25, 0.3) is 0 Å². The summed E-state index contributed by atoms with van der Waals surface area (Å²) in [5.41, 5.74) is 0. The van der Waals surface area contributed by atoms with Crippen LogP contribution in [0.4, 0.5) is 0 Å². The molecule has 0 aliphatic heterocycles. The van der Waals surface area contributed by atoms with E-state index in [1.54, 1.807) is 0 Å². The number of esters is 3. The first-order valence-corrected chi connectivity index (χ1v) is 30.9. The normalized spacial score (nSPS) is 12.4. The van der Waals surface area contributed by atoms with Crippen molar-refractivity contribution in [2.75, 3.05) is 13.2 Å². The van der Waals surface area contributed by atoms with Gasteiger partial charge in [0.15, 0.2) is 6.10 Å². The molecule has 68 heavy (non-hydrogen) atoms. The van der Waals surface area contributed by atoms with Gasteiger partial charge < -0.3 is 14.2 Å². The Hall–Kier alpha value is -1.59. The Morgan fingerprint density at radius 2 is 0.515 bits per heavy atom. The zero-order valence-corrected chi connectivity index (χ0v) is 46.6.